The number of rotatable bonds is 5. The lowest BCUT2D eigenvalue weighted by Gasteiger charge is -2.13. The van der Waals surface area contributed by atoms with Gasteiger partial charge in [-0.05, 0) is 25.8 Å². The molecular weight excluding hydrogens is 206 g/mol. The summed E-state index contributed by atoms with van der Waals surface area (Å²) in [6, 6.07) is 1.70. The second-order valence-electron chi connectivity index (χ2n) is 4.01. The molecule has 1 amide bonds. The summed E-state index contributed by atoms with van der Waals surface area (Å²) in [7, 11) is 1.78. The normalized spacial score (nSPS) is 12.4. The zero-order valence-electron chi connectivity index (χ0n) is 9.73. The van der Waals surface area contributed by atoms with Crippen molar-refractivity contribution in [3.05, 3.63) is 18.0 Å². The number of nitrogen functional groups attached to an aromatic ring is 1. The topological polar surface area (TPSA) is 80.3 Å². The minimum Gasteiger partial charge on any atom is -0.397 e. The number of anilines is 1. The van der Waals surface area contributed by atoms with Gasteiger partial charge in [-0.1, -0.05) is 0 Å². The molecule has 0 fully saturated rings. The molecule has 1 aromatic rings. The van der Waals surface area contributed by atoms with Crippen molar-refractivity contribution in [2.24, 2.45) is 7.05 Å². The van der Waals surface area contributed by atoms with E-state index in [1.54, 1.807) is 23.9 Å². The van der Waals surface area contributed by atoms with Gasteiger partial charge in [0.2, 0.25) is 0 Å². The molecular formula is C11H19N3O2. The van der Waals surface area contributed by atoms with Crippen molar-refractivity contribution in [2.45, 2.75) is 25.8 Å². The number of carbonyl (C=O) groups is 1. The molecule has 90 valence electrons. The maximum atomic E-state index is 11.8. The number of aliphatic hydroxyl groups is 1. The first-order valence-electron chi connectivity index (χ1n) is 5.38. The van der Waals surface area contributed by atoms with Crippen LogP contribution in [0.5, 0.6) is 0 Å². The van der Waals surface area contributed by atoms with E-state index in [0.717, 1.165) is 6.42 Å². The van der Waals surface area contributed by atoms with Gasteiger partial charge in [0.1, 0.15) is 5.69 Å². The second kappa shape index (κ2) is 5.55. The fourth-order valence-corrected chi connectivity index (χ4v) is 1.58. The van der Waals surface area contributed by atoms with Gasteiger partial charge >= 0.3 is 0 Å². The number of nitrogens with one attached hydrogen (secondary N) is 1. The molecule has 0 aliphatic rings. The van der Waals surface area contributed by atoms with Gasteiger partial charge in [0, 0.05) is 25.9 Å². The largest absolute Gasteiger partial charge is 0.397 e. The van der Waals surface area contributed by atoms with E-state index >= 15 is 0 Å². The highest BCUT2D eigenvalue weighted by molar-refractivity contribution is 5.93. The van der Waals surface area contributed by atoms with Gasteiger partial charge < -0.3 is 20.7 Å². The molecule has 0 spiro atoms. The van der Waals surface area contributed by atoms with Crippen LogP contribution >= 0.6 is 0 Å². The van der Waals surface area contributed by atoms with E-state index in [1.165, 1.54) is 0 Å². The van der Waals surface area contributed by atoms with E-state index in [0.29, 0.717) is 17.8 Å². The number of hydrogen-bond acceptors (Lipinski definition) is 3. The van der Waals surface area contributed by atoms with Crippen molar-refractivity contribution in [3.8, 4) is 0 Å². The van der Waals surface area contributed by atoms with Crippen molar-refractivity contribution in [1.29, 1.82) is 0 Å². The van der Waals surface area contributed by atoms with Crippen LogP contribution in [0.2, 0.25) is 0 Å². The Hall–Kier alpha value is -1.49. The highest BCUT2D eigenvalue weighted by Crippen LogP contribution is 2.09. The third-order valence-electron chi connectivity index (χ3n) is 2.43. The number of aromatic nitrogens is 1. The zero-order valence-corrected chi connectivity index (χ0v) is 9.73. The molecule has 0 radical (unpaired) electrons. The summed E-state index contributed by atoms with van der Waals surface area (Å²) in [6.45, 7) is 2.07. The monoisotopic (exact) mass is 225 g/mol. The van der Waals surface area contributed by atoms with Crippen molar-refractivity contribution in [2.75, 3.05) is 12.3 Å². The Morgan fingerprint density at radius 3 is 2.88 bits per heavy atom. The van der Waals surface area contributed by atoms with E-state index < -0.39 is 0 Å². The molecule has 0 aromatic carbocycles. The van der Waals surface area contributed by atoms with Gasteiger partial charge in [-0.15, -0.1) is 0 Å². The van der Waals surface area contributed by atoms with Crippen molar-refractivity contribution in [1.82, 2.24) is 9.88 Å². The lowest BCUT2D eigenvalue weighted by molar-refractivity contribution is 0.0928. The smallest absolute Gasteiger partial charge is 0.268 e. The van der Waals surface area contributed by atoms with Crippen molar-refractivity contribution < 1.29 is 9.90 Å². The van der Waals surface area contributed by atoms with Crippen LogP contribution in [0.4, 0.5) is 5.69 Å². The van der Waals surface area contributed by atoms with Gasteiger partial charge in [-0.25, -0.2) is 0 Å². The van der Waals surface area contributed by atoms with Crippen LogP contribution in [0.3, 0.4) is 0 Å². The number of carbonyl (C=O) groups excluding carboxylic acids is 1. The summed E-state index contributed by atoms with van der Waals surface area (Å²) in [5.74, 6) is -0.135. The lowest BCUT2D eigenvalue weighted by atomic mass is 10.2. The standard InChI is InChI=1S/C11H19N3O2/c1-8(4-3-5-15)13-11(16)10-6-9(12)7-14(10)2/h6-8,15H,3-5,12H2,1-2H3,(H,13,16). The molecule has 0 aliphatic carbocycles. The molecule has 0 saturated carbocycles. The molecule has 5 heteroatoms. The van der Waals surface area contributed by atoms with Crippen LogP contribution in [-0.2, 0) is 7.05 Å². The number of nitrogens with two attached hydrogens (primary N) is 1. The van der Waals surface area contributed by atoms with Gasteiger partial charge in [0.25, 0.3) is 5.91 Å². The Morgan fingerprint density at radius 1 is 1.69 bits per heavy atom. The minimum atomic E-state index is -0.135. The summed E-state index contributed by atoms with van der Waals surface area (Å²) in [4.78, 5) is 11.8. The molecule has 1 aromatic heterocycles. The Labute approximate surface area is 95.3 Å². The van der Waals surface area contributed by atoms with E-state index in [4.69, 9.17) is 10.8 Å². The number of amides is 1. The first-order chi connectivity index (χ1) is 7.54. The minimum absolute atomic E-state index is 0.0516. The highest BCUT2D eigenvalue weighted by atomic mass is 16.3. The fourth-order valence-electron chi connectivity index (χ4n) is 1.58. The molecule has 5 nitrogen and oxygen atoms in total. The molecule has 1 unspecified atom stereocenters. The van der Waals surface area contributed by atoms with E-state index in [-0.39, 0.29) is 18.6 Å². The number of aliphatic hydroxyl groups excluding tert-OH is 1. The average Bonchev–Trinajstić information content (AvgIpc) is 2.54. The second-order valence-corrected chi connectivity index (χ2v) is 4.01. The predicted octanol–water partition coefficient (Wildman–Crippen LogP) is 0.498. The summed E-state index contributed by atoms with van der Waals surface area (Å²) < 4.78 is 1.70. The van der Waals surface area contributed by atoms with Gasteiger partial charge in [0.15, 0.2) is 0 Å². The van der Waals surface area contributed by atoms with Gasteiger partial charge in [-0.2, -0.15) is 0 Å². The number of hydrogen-bond donors (Lipinski definition) is 3. The molecule has 16 heavy (non-hydrogen) atoms. The molecule has 1 rings (SSSR count). The van der Waals surface area contributed by atoms with Crippen molar-refractivity contribution in [3.63, 3.8) is 0 Å². The molecule has 0 aliphatic heterocycles. The molecule has 0 bridgehead atoms. The highest BCUT2D eigenvalue weighted by Gasteiger charge is 2.13. The molecule has 0 saturated heterocycles. The Balaban J connectivity index is 2.55. The Morgan fingerprint density at radius 2 is 2.38 bits per heavy atom. The maximum Gasteiger partial charge on any atom is 0.268 e. The zero-order chi connectivity index (χ0) is 12.1. The molecule has 1 heterocycles. The summed E-state index contributed by atoms with van der Waals surface area (Å²) in [5.41, 5.74) is 6.72. The van der Waals surface area contributed by atoms with Crippen LogP contribution in [0.15, 0.2) is 12.3 Å². The van der Waals surface area contributed by atoms with Crippen LogP contribution in [-0.4, -0.2) is 28.2 Å². The molecule has 4 N–H and O–H groups in total. The SMILES string of the molecule is CC(CCCO)NC(=O)c1cc(N)cn1C. The van der Waals surface area contributed by atoms with Crippen molar-refractivity contribution >= 4 is 11.6 Å². The first-order valence-corrected chi connectivity index (χ1v) is 5.38. The predicted molar refractivity (Wildman–Crippen MR) is 63.1 cm³/mol. The van der Waals surface area contributed by atoms with Crippen LogP contribution in [0.1, 0.15) is 30.3 Å². The van der Waals surface area contributed by atoms with E-state index in [1.807, 2.05) is 6.92 Å². The lowest BCUT2D eigenvalue weighted by Crippen LogP contribution is -2.33. The van der Waals surface area contributed by atoms with Gasteiger partial charge in [-0.3, -0.25) is 4.79 Å². The number of aryl methyl sites for hydroxylation is 1. The fraction of sp³-hybridized carbons (Fsp3) is 0.545. The van der Waals surface area contributed by atoms with E-state index in [2.05, 4.69) is 5.32 Å². The average molecular weight is 225 g/mol. The summed E-state index contributed by atoms with van der Waals surface area (Å²) >= 11 is 0. The molecule has 1 atom stereocenters. The number of nitrogens with zero attached hydrogens (tertiary/aromatic N) is 1. The Kier molecular flexibility index (Phi) is 4.37. The van der Waals surface area contributed by atoms with Crippen LogP contribution < -0.4 is 11.1 Å². The quantitative estimate of drug-likeness (QED) is 0.682. The Bertz CT molecular complexity index is 360. The summed E-state index contributed by atoms with van der Waals surface area (Å²) in [6.07, 6.45) is 3.16. The summed E-state index contributed by atoms with van der Waals surface area (Å²) in [5, 5.41) is 11.5. The van der Waals surface area contributed by atoms with E-state index in [9.17, 15) is 4.79 Å². The maximum absolute atomic E-state index is 11.8. The third-order valence-corrected chi connectivity index (χ3v) is 2.43. The first kappa shape index (κ1) is 12.6. The third kappa shape index (κ3) is 3.27. The van der Waals surface area contributed by atoms with Gasteiger partial charge in [0.05, 0.1) is 5.69 Å². The van der Waals surface area contributed by atoms with Crippen LogP contribution in [0, 0.1) is 0 Å². The van der Waals surface area contributed by atoms with Crippen LogP contribution in [0.25, 0.3) is 0 Å².